The van der Waals surface area contributed by atoms with Crippen molar-refractivity contribution in [1.29, 1.82) is 0 Å². The van der Waals surface area contributed by atoms with Crippen LogP contribution in [0.2, 0.25) is 0 Å². The molecule has 0 fully saturated rings. The minimum atomic E-state index is -0.258. The summed E-state index contributed by atoms with van der Waals surface area (Å²) in [6.07, 6.45) is 0.916. The van der Waals surface area contributed by atoms with Crippen molar-refractivity contribution in [2.75, 3.05) is 11.4 Å². The van der Waals surface area contributed by atoms with Gasteiger partial charge in [0.15, 0.2) is 5.65 Å². The second-order valence-corrected chi connectivity index (χ2v) is 7.55. The summed E-state index contributed by atoms with van der Waals surface area (Å²) < 4.78 is 2.23. The van der Waals surface area contributed by atoms with Gasteiger partial charge in [0.2, 0.25) is 5.95 Å². The number of anilines is 1. The van der Waals surface area contributed by atoms with E-state index in [1.54, 1.807) is 0 Å². The van der Waals surface area contributed by atoms with Gasteiger partial charge in [0.25, 0.3) is 5.56 Å². The van der Waals surface area contributed by atoms with Crippen molar-refractivity contribution in [3.05, 3.63) is 86.5 Å². The third-order valence-corrected chi connectivity index (χ3v) is 5.73. The second-order valence-electron chi connectivity index (χ2n) is 7.16. The first-order valence-corrected chi connectivity index (χ1v) is 9.93. The standard InChI is InChI=1S/C22H19N5OS/c1-14-23-19-18(21(29)27(14)17-9-3-2-4-10-17)20(28)25-22(24-19)26-12-11-15-7-5-6-8-16(15)13-26/h2-10H,11-13H2,1H3,(H,24,25,28). The highest BCUT2D eigenvalue weighted by Crippen LogP contribution is 2.23. The summed E-state index contributed by atoms with van der Waals surface area (Å²) in [6.45, 7) is 3.38. The molecule has 0 saturated heterocycles. The number of para-hydroxylation sites is 1. The lowest BCUT2D eigenvalue weighted by Gasteiger charge is -2.29. The first kappa shape index (κ1) is 17.8. The summed E-state index contributed by atoms with van der Waals surface area (Å²) in [5.41, 5.74) is 3.60. The molecule has 144 valence electrons. The van der Waals surface area contributed by atoms with Crippen LogP contribution >= 0.6 is 12.2 Å². The Morgan fingerprint density at radius 1 is 1.00 bits per heavy atom. The number of aryl methyl sites for hydroxylation is 1. The van der Waals surface area contributed by atoms with Crippen LogP contribution in [0.25, 0.3) is 16.7 Å². The molecule has 2 aromatic heterocycles. The van der Waals surface area contributed by atoms with Gasteiger partial charge in [0.1, 0.15) is 15.9 Å². The highest BCUT2D eigenvalue weighted by molar-refractivity contribution is 7.71. The zero-order chi connectivity index (χ0) is 20.0. The van der Waals surface area contributed by atoms with E-state index in [4.69, 9.17) is 12.2 Å². The number of nitrogens with zero attached hydrogens (tertiary/aromatic N) is 4. The molecule has 1 N–H and O–H groups in total. The number of fused-ring (bicyclic) bond motifs is 2. The molecule has 0 unspecified atom stereocenters. The fraction of sp³-hybridized carbons (Fsp3) is 0.182. The molecule has 29 heavy (non-hydrogen) atoms. The fourth-order valence-electron chi connectivity index (χ4n) is 3.89. The smallest absolute Gasteiger partial charge is 0.264 e. The van der Waals surface area contributed by atoms with Crippen molar-refractivity contribution in [2.45, 2.75) is 19.9 Å². The first-order valence-electron chi connectivity index (χ1n) is 9.52. The molecule has 5 rings (SSSR count). The quantitative estimate of drug-likeness (QED) is 0.519. The lowest BCUT2D eigenvalue weighted by Crippen LogP contribution is -2.33. The zero-order valence-corrected chi connectivity index (χ0v) is 16.7. The Hall–Kier alpha value is -3.32. The van der Waals surface area contributed by atoms with Gasteiger partial charge in [0.05, 0.1) is 0 Å². The number of hydrogen-bond acceptors (Lipinski definition) is 5. The van der Waals surface area contributed by atoms with Gasteiger partial charge in [-0.2, -0.15) is 4.98 Å². The monoisotopic (exact) mass is 401 g/mol. The molecule has 0 radical (unpaired) electrons. The highest BCUT2D eigenvalue weighted by Gasteiger charge is 2.20. The van der Waals surface area contributed by atoms with E-state index in [1.807, 2.05) is 47.9 Å². The molecule has 1 aliphatic rings. The van der Waals surface area contributed by atoms with Crippen LogP contribution in [0.1, 0.15) is 17.0 Å². The third kappa shape index (κ3) is 3.03. The van der Waals surface area contributed by atoms with Crippen LogP contribution in [0.5, 0.6) is 0 Å². The molecule has 0 amide bonds. The fourth-order valence-corrected chi connectivity index (χ4v) is 4.31. The molecule has 0 bridgehead atoms. The molecule has 7 heteroatoms. The van der Waals surface area contributed by atoms with Gasteiger partial charge in [-0.3, -0.25) is 14.3 Å². The topological polar surface area (TPSA) is 66.8 Å². The van der Waals surface area contributed by atoms with Gasteiger partial charge in [-0.1, -0.05) is 54.7 Å². The van der Waals surface area contributed by atoms with Gasteiger partial charge in [-0.15, -0.1) is 0 Å². The summed E-state index contributed by atoms with van der Waals surface area (Å²) in [5.74, 6) is 1.23. The Bertz CT molecular complexity index is 1340. The second kappa shape index (κ2) is 6.93. The molecule has 0 saturated carbocycles. The van der Waals surface area contributed by atoms with E-state index in [0.717, 1.165) is 18.7 Å². The normalized spacial score (nSPS) is 13.5. The molecule has 6 nitrogen and oxygen atoms in total. The number of aromatic amines is 1. The Labute approximate surface area is 172 Å². The summed E-state index contributed by atoms with van der Waals surface area (Å²) in [7, 11) is 0. The van der Waals surface area contributed by atoms with E-state index in [2.05, 4.69) is 38.1 Å². The zero-order valence-electron chi connectivity index (χ0n) is 15.9. The van der Waals surface area contributed by atoms with Crippen LogP contribution in [0.3, 0.4) is 0 Å². The maximum absolute atomic E-state index is 13.0. The van der Waals surface area contributed by atoms with Crippen molar-refractivity contribution in [3.8, 4) is 5.69 Å². The van der Waals surface area contributed by atoms with Gasteiger partial charge in [-0.25, -0.2) is 4.98 Å². The van der Waals surface area contributed by atoms with E-state index < -0.39 is 0 Å². The Balaban J connectivity index is 1.63. The molecule has 4 aromatic rings. The summed E-state index contributed by atoms with van der Waals surface area (Å²) in [6, 6.07) is 18.1. The van der Waals surface area contributed by atoms with E-state index in [1.165, 1.54) is 11.1 Å². The minimum Gasteiger partial charge on any atom is -0.338 e. The predicted octanol–water partition coefficient (Wildman–Crippen LogP) is 3.71. The maximum Gasteiger partial charge on any atom is 0.264 e. The average Bonchev–Trinajstić information content (AvgIpc) is 2.73. The van der Waals surface area contributed by atoms with Gasteiger partial charge in [-0.05, 0) is 36.6 Å². The summed E-state index contributed by atoms with van der Waals surface area (Å²) in [4.78, 5) is 27.3. The first-order chi connectivity index (χ1) is 14.1. The lowest BCUT2D eigenvalue weighted by molar-refractivity contribution is 0.707. The van der Waals surface area contributed by atoms with Crippen molar-refractivity contribution in [3.63, 3.8) is 0 Å². The number of rotatable bonds is 2. The number of benzene rings is 2. The molecule has 1 aliphatic heterocycles. The number of H-pyrrole nitrogens is 1. The van der Waals surface area contributed by atoms with Crippen molar-refractivity contribution >= 4 is 29.2 Å². The Morgan fingerprint density at radius 3 is 2.52 bits per heavy atom. The largest absolute Gasteiger partial charge is 0.338 e. The maximum atomic E-state index is 13.0. The van der Waals surface area contributed by atoms with Crippen LogP contribution in [0.15, 0.2) is 59.4 Å². The highest BCUT2D eigenvalue weighted by atomic mass is 32.1. The minimum absolute atomic E-state index is 0.258. The summed E-state index contributed by atoms with van der Waals surface area (Å²) >= 11 is 5.65. The molecule has 0 spiro atoms. The molecule has 0 aliphatic carbocycles. The lowest BCUT2D eigenvalue weighted by atomic mass is 10.0. The van der Waals surface area contributed by atoms with Gasteiger partial charge >= 0.3 is 0 Å². The van der Waals surface area contributed by atoms with Crippen molar-refractivity contribution < 1.29 is 0 Å². The average molecular weight is 401 g/mol. The Kier molecular flexibility index (Phi) is 4.24. The van der Waals surface area contributed by atoms with Crippen molar-refractivity contribution in [2.24, 2.45) is 0 Å². The van der Waals surface area contributed by atoms with Gasteiger partial charge in [0, 0.05) is 18.8 Å². The number of hydrogen-bond donors (Lipinski definition) is 1. The van der Waals surface area contributed by atoms with E-state index in [9.17, 15) is 4.79 Å². The SMILES string of the molecule is Cc1nc2nc(N3CCc4ccccc4C3)[nH]c(=O)c2c(=S)n1-c1ccccc1. The van der Waals surface area contributed by atoms with E-state index in [0.29, 0.717) is 34.0 Å². The summed E-state index contributed by atoms with van der Waals surface area (Å²) in [5, 5.41) is 0.343. The third-order valence-electron chi connectivity index (χ3n) is 5.34. The molecular formula is C22H19N5OS. The van der Waals surface area contributed by atoms with E-state index >= 15 is 0 Å². The molecule has 3 heterocycles. The number of aromatic nitrogens is 4. The molecule has 2 aromatic carbocycles. The van der Waals surface area contributed by atoms with Crippen LogP contribution < -0.4 is 10.5 Å². The Morgan fingerprint density at radius 2 is 1.72 bits per heavy atom. The molecular weight excluding hydrogens is 382 g/mol. The van der Waals surface area contributed by atoms with Crippen LogP contribution in [0, 0.1) is 11.6 Å². The van der Waals surface area contributed by atoms with Gasteiger partial charge < -0.3 is 4.90 Å². The van der Waals surface area contributed by atoms with Crippen LogP contribution in [-0.4, -0.2) is 26.1 Å². The number of nitrogens with one attached hydrogen (secondary N) is 1. The van der Waals surface area contributed by atoms with Crippen LogP contribution in [-0.2, 0) is 13.0 Å². The molecule has 0 atom stereocenters. The predicted molar refractivity (Wildman–Crippen MR) is 116 cm³/mol. The van der Waals surface area contributed by atoms with Crippen molar-refractivity contribution in [1.82, 2.24) is 19.5 Å². The van der Waals surface area contributed by atoms with Crippen LogP contribution in [0.4, 0.5) is 5.95 Å². The van der Waals surface area contributed by atoms with E-state index in [-0.39, 0.29) is 5.56 Å².